The van der Waals surface area contributed by atoms with Gasteiger partial charge in [0.05, 0.1) is 0 Å². The van der Waals surface area contributed by atoms with Crippen LogP contribution in [0.15, 0.2) is 22.7 Å². The molecule has 1 nitrogen and oxygen atoms in total. The molecule has 1 fully saturated rings. The Labute approximate surface area is 111 Å². The van der Waals surface area contributed by atoms with E-state index in [1.807, 2.05) is 6.07 Å². The van der Waals surface area contributed by atoms with Gasteiger partial charge in [0.15, 0.2) is 0 Å². The fraction of sp³-hybridized carbons (Fsp3) is 0.571. The number of likely N-dealkylation sites (tertiary alicyclic amines) is 1. The molecule has 0 N–H and O–H groups in total. The largest absolute Gasteiger partial charge is 0.300 e. The van der Waals surface area contributed by atoms with Gasteiger partial charge in [0, 0.05) is 17.1 Å². The number of halogens is 2. The molecule has 1 aliphatic rings. The Morgan fingerprint density at radius 1 is 1.35 bits per heavy atom. The van der Waals surface area contributed by atoms with Crippen LogP contribution in [0.2, 0.25) is 0 Å². The summed E-state index contributed by atoms with van der Waals surface area (Å²) in [6.45, 7) is 4.52. The van der Waals surface area contributed by atoms with Crippen molar-refractivity contribution in [2.75, 3.05) is 13.1 Å². The lowest BCUT2D eigenvalue weighted by atomic mass is 10.0. The second kappa shape index (κ2) is 5.96. The summed E-state index contributed by atoms with van der Waals surface area (Å²) in [5.41, 5.74) is 1.08. The van der Waals surface area contributed by atoms with Crippen LogP contribution in [0.25, 0.3) is 0 Å². The summed E-state index contributed by atoms with van der Waals surface area (Å²) in [5, 5.41) is 0. The van der Waals surface area contributed by atoms with Crippen LogP contribution in [0, 0.1) is 5.82 Å². The average Bonchev–Trinajstić information content (AvgIpc) is 2.27. The van der Waals surface area contributed by atoms with Crippen LogP contribution >= 0.6 is 15.9 Å². The Hall–Kier alpha value is -0.410. The van der Waals surface area contributed by atoms with E-state index in [0.717, 1.165) is 23.0 Å². The van der Waals surface area contributed by atoms with Crippen LogP contribution in [0.5, 0.6) is 0 Å². The van der Waals surface area contributed by atoms with E-state index in [9.17, 15) is 4.39 Å². The molecule has 0 spiro atoms. The Morgan fingerprint density at radius 2 is 2.18 bits per heavy atom. The van der Waals surface area contributed by atoms with E-state index in [4.69, 9.17) is 0 Å². The summed E-state index contributed by atoms with van der Waals surface area (Å²) in [6, 6.07) is 5.84. The molecule has 17 heavy (non-hydrogen) atoms. The molecule has 0 aromatic heterocycles. The quantitative estimate of drug-likeness (QED) is 0.815. The maximum Gasteiger partial charge on any atom is 0.124 e. The molecule has 1 aliphatic heterocycles. The molecule has 0 aliphatic carbocycles. The third-order valence-corrected chi connectivity index (χ3v) is 4.01. The van der Waals surface area contributed by atoms with Gasteiger partial charge in [0.1, 0.15) is 5.82 Å². The van der Waals surface area contributed by atoms with Gasteiger partial charge in [-0.1, -0.05) is 22.4 Å². The van der Waals surface area contributed by atoms with Crippen molar-refractivity contribution in [2.45, 2.75) is 38.6 Å². The van der Waals surface area contributed by atoms with Crippen molar-refractivity contribution in [3.05, 3.63) is 34.1 Å². The maximum atomic E-state index is 13.2. The summed E-state index contributed by atoms with van der Waals surface area (Å²) >= 11 is 3.34. The third-order valence-electron chi connectivity index (χ3n) is 3.55. The van der Waals surface area contributed by atoms with Crippen molar-refractivity contribution < 1.29 is 4.39 Å². The number of hydrogen-bond acceptors (Lipinski definition) is 1. The molecule has 2 rings (SSSR count). The second-order valence-electron chi connectivity index (χ2n) is 4.91. The van der Waals surface area contributed by atoms with E-state index in [2.05, 4.69) is 27.8 Å². The van der Waals surface area contributed by atoms with E-state index in [0.29, 0.717) is 6.04 Å². The van der Waals surface area contributed by atoms with Crippen molar-refractivity contribution >= 4 is 15.9 Å². The van der Waals surface area contributed by atoms with Crippen LogP contribution in [0.3, 0.4) is 0 Å². The van der Waals surface area contributed by atoms with Crippen molar-refractivity contribution in [1.82, 2.24) is 4.90 Å². The van der Waals surface area contributed by atoms with Gasteiger partial charge >= 0.3 is 0 Å². The topological polar surface area (TPSA) is 3.24 Å². The monoisotopic (exact) mass is 299 g/mol. The molecule has 1 atom stereocenters. The zero-order valence-electron chi connectivity index (χ0n) is 10.3. The van der Waals surface area contributed by atoms with Crippen molar-refractivity contribution in [2.24, 2.45) is 0 Å². The molecule has 1 heterocycles. The average molecular weight is 300 g/mol. The van der Waals surface area contributed by atoms with Gasteiger partial charge in [-0.3, -0.25) is 0 Å². The van der Waals surface area contributed by atoms with Crippen LogP contribution in [-0.4, -0.2) is 24.0 Å². The first-order chi connectivity index (χ1) is 8.15. The second-order valence-corrected chi connectivity index (χ2v) is 5.82. The molecular weight excluding hydrogens is 281 g/mol. The summed E-state index contributed by atoms with van der Waals surface area (Å²) in [6.07, 6.45) is 4.88. The highest BCUT2D eigenvalue weighted by Gasteiger charge is 2.17. The molecule has 0 bridgehead atoms. The Balaban J connectivity index is 1.92. The lowest BCUT2D eigenvalue weighted by molar-refractivity contribution is 0.163. The number of piperidine rings is 1. The van der Waals surface area contributed by atoms with Crippen LogP contribution in [0.1, 0.15) is 31.7 Å². The van der Waals surface area contributed by atoms with Crippen LogP contribution in [-0.2, 0) is 6.42 Å². The normalized spacial score (nSPS) is 21.7. The highest BCUT2D eigenvalue weighted by molar-refractivity contribution is 9.10. The van der Waals surface area contributed by atoms with Gasteiger partial charge in [0.2, 0.25) is 0 Å². The highest BCUT2D eigenvalue weighted by atomic mass is 79.9. The van der Waals surface area contributed by atoms with E-state index in [1.54, 1.807) is 6.07 Å². The Bertz CT molecular complexity index is 360. The molecule has 1 aromatic carbocycles. The first-order valence-electron chi connectivity index (χ1n) is 6.34. The molecule has 1 aromatic rings. The minimum Gasteiger partial charge on any atom is -0.300 e. The summed E-state index contributed by atoms with van der Waals surface area (Å²) in [7, 11) is 0. The van der Waals surface area contributed by atoms with E-state index in [1.165, 1.54) is 31.9 Å². The molecule has 0 radical (unpaired) electrons. The third kappa shape index (κ3) is 3.78. The molecule has 1 unspecified atom stereocenters. The fourth-order valence-electron chi connectivity index (χ4n) is 2.52. The maximum absolute atomic E-state index is 13.2. The van der Waals surface area contributed by atoms with Crippen LogP contribution < -0.4 is 0 Å². The number of benzene rings is 1. The number of rotatable bonds is 3. The zero-order valence-corrected chi connectivity index (χ0v) is 11.8. The summed E-state index contributed by atoms with van der Waals surface area (Å²) in [4.78, 5) is 2.52. The summed E-state index contributed by atoms with van der Waals surface area (Å²) in [5.74, 6) is -0.152. The van der Waals surface area contributed by atoms with Gasteiger partial charge in [-0.25, -0.2) is 4.39 Å². The summed E-state index contributed by atoms with van der Waals surface area (Å²) < 4.78 is 14.1. The van der Waals surface area contributed by atoms with Crippen molar-refractivity contribution in [3.63, 3.8) is 0 Å². The Morgan fingerprint density at radius 3 is 2.88 bits per heavy atom. The lowest BCUT2D eigenvalue weighted by Gasteiger charge is -2.33. The fourth-order valence-corrected chi connectivity index (χ4v) is 3.03. The van der Waals surface area contributed by atoms with Crippen LogP contribution in [0.4, 0.5) is 4.39 Å². The van der Waals surface area contributed by atoms with Crippen molar-refractivity contribution in [1.29, 1.82) is 0 Å². The number of nitrogens with zero attached hydrogens (tertiary/aromatic N) is 1. The molecular formula is C14H19BrFN. The van der Waals surface area contributed by atoms with Gasteiger partial charge in [-0.15, -0.1) is 0 Å². The number of hydrogen-bond donors (Lipinski definition) is 0. The van der Waals surface area contributed by atoms with E-state index in [-0.39, 0.29) is 5.82 Å². The van der Waals surface area contributed by atoms with Gasteiger partial charge < -0.3 is 4.90 Å². The minimum atomic E-state index is -0.152. The molecule has 1 saturated heterocycles. The molecule has 94 valence electrons. The molecule has 3 heteroatoms. The van der Waals surface area contributed by atoms with E-state index >= 15 is 0 Å². The van der Waals surface area contributed by atoms with Gasteiger partial charge in [-0.2, -0.15) is 0 Å². The van der Waals surface area contributed by atoms with Gasteiger partial charge in [-0.05, 0) is 56.5 Å². The SMILES string of the molecule is CC1CCCCN1CCc1cc(F)cc(Br)c1. The predicted molar refractivity (Wildman–Crippen MR) is 72.7 cm³/mol. The highest BCUT2D eigenvalue weighted by Crippen LogP contribution is 2.19. The Kier molecular flexibility index (Phi) is 4.57. The lowest BCUT2D eigenvalue weighted by Crippen LogP contribution is -2.38. The van der Waals surface area contributed by atoms with Crippen molar-refractivity contribution in [3.8, 4) is 0 Å². The minimum absolute atomic E-state index is 0.152. The van der Waals surface area contributed by atoms with Gasteiger partial charge in [0.25, 0.3) is 0 Å². The predicted octanol–water partition coefficient (Wildman–Crippen LogP) is 4.01. The first kappa shape index (κ1) is 13.0. The standard InChI is InChI=1S/C14H19BrFN/c1-11-4-2-3-6-17(11)7-5-12-8-13(15)10-14(16)9-12/h8-11H,2-7H2,1H3. The molecule has 0 saturated carbocycles. The zero-order chi connectivity index (χ0) is 12.3. The smallest absolute Gasteiger partial charge is 0.124 e. The van der Waals surface area contributed by atoms with E-state index < -0.39 is 0 Å². The first-order valence-corrected chi connectivity index (χ1v) is 7.13. The molecule has 0 amide bonds.